The van der Waals surface area contributed by atoms with Crippen molar-refractivity contribution in [1.82, 2.24) is 24.0 Å². The van der Waals surface area contributed by atoms with Crippen molar-refractivity contribution in [1.29, 1.82) is 0 Å². The first-order valence-corrected chi connectivity index (χ1v) is 10.1. The molecule has 1 amide bonds. The molecule has 10 heteroatoms. The highest BCUT2D eigenvalue weighted by atomic mass is 35.5. The second-order valence-electron chi connectivity index (χ2n) is 6.20. The van der Waals surface area contributed by atoms with Crippen LogP contribution in [0.15, 0.2) is 41.8 Å². The largest absolute Gasteiger partial charge is 0.340 e. The molecule has 140 valence electrons. The zero-order valence-electron chi connectivity index (χ0n) is 14.3. The van der Waals surface area contributed by atoms with E-state index in [9.17, 15) is 13.2 Å². The lowest BCUT2D eigenvalue weighted by Gasteiger charge is -2.35. The smallest absolute Gasteiger partial charge is 0.243 e. The topological polar surface area (TPSA) is 88.4 Å². The van der Waals surface area contributed by atoms with Crippen LogP contribution in [-0.4, -0.2) is 64.5 Å². The average Bonchev–Trinajstić information content (AvgIpc) is 3.14. The van der Waals surface area contributed by atoms with Gasteiger partial charge in [-0.15, -0.1) is 0 Å². The van der Waals surface area contributed by atoms with Crippen LogP contribution >= 0.6 is 11.6 Å². The monoisotopic (exact) mass is 397 g/mol. The number of amides is 1. The molecular formula is C16H20ClN5O3S. The Morgan fingerprint density at radius 1 is 1.19 bits per heavy atom. The number of sulfonamides is 1. The first kappa shape index (κ1) is 18.8. The Balaban J connectivity index is 1.59. The van der Waals surface area contributed by atoms with E-state index in [1.54, 1.807) is 28.0 Å². The van der Waals surface area contributed by atoms with E-state index >= 15 is 0 Å². The van der Waals surface area contributed by atoms with E-state index < -0.39 is 10.0 Å². The molecule has 1 saturated heterocycles. The van der Waals surface area contributed by atoms with Crippen LogP contribution < -0.4 is 0 Å². The SMILES string of the molecule is C[C@@H](Cn1cncn1)C(=O)N1CCN(S(=O)(=O)c2ccc(Cl)cc2)CC1. The number of rotatable bonds is 5. The van der Waals surface area contributed by atoms with Crippen LogP contribution in [0.3, 0.4) is 0 Å². The molecule has 1 aromatic carbocycles. The molecule has 0 N–H and O–H groups in total. The molecule has 2 heterocycles. The van der Waals surface area contributed by atoms with Crippen molar-refractivity contribution in [2.24, 2.45) is 5.92 Å². The van der Waals surface area contributed by atoms with E-state index in [2.05, 4.69) is 10.1 Å². The van der Waals surface area contributed by atoms with Gasteiger partial charge in [-0.1, -0.05) is 18.5 Å². The Bertz CT molecular complexity index is 847. The fourth-order valence-electron chi connectivity index (χ4n) is 2.90. The minimum absolute atomic E-state index is 0.0101. The van der Waals surface area contributed by atoms with Crippen molar-refractivity contribution >= 4 is 27.5 Å². The van der Waals surface area contributed by atoms with Gasteiger partial charge >= 0.3 is 0 Å². The highest BCUT2D eigenvalue weighted by Crippen LogP contribution is 2.20. The molecule has 2 aromatic rings. The van der Waals surface area contributed by atoms with Gasteiger partial charge in [0.25, 0.3) is 0 Å². The first-order chi connectivity index (χ1) is 12.4. The Kier molecular flexibility index (Phi) is 5.59. The van der Waals surface area contributed by atoms with Crippen molar-refractivity contribution < 1.29 is 13.2 Å². The molecule has 0 bridgehead atoms. The summed E-state index contributed by atoms with van der Waals surface area (Å²) in [6, 6.07) is 6.10. The van der Waals surface area contributed by atoms with Crippen molar-refractivity contribution in [2.75, 3.05) is 26.2 Å². The maximum Gasteiger partial charge on any atom is 0.243 e. The molecule has 1 aliphatic heterocycles. The van der Waals surface area contributed by atoms with E-state index in [4.69, 9.17) is 11.6 Å². The molecule has 0 unspecified atom stereocenters. The van der Waals surface area contributed by atoms with Crippen LogP contribution in [0.25, 0.3) is 0 Å². The van der Waals surface area contributed by atoms with E-state index in [1.165, 1.54) is 22.8 Å². The zero-order chi connectivity index (χ0) is 18.7. The number of halogens is 1. The fraction of sp³-hybridized carbons (Fsp3) is 0.438. The highest BCUT2D eigenvalue weighted by molar-refractivity contribution is 7.89. The van der Waals surface area contributed by atoms with E-state index in [-0.39, 0.29) is 29.8 Å². The van der Waals surface area contributed by atoms with E-state index in [1.807, 2.05) is 6.92 Å². The Labute approximate surface area is 157 Å². The van der Waals surface area contributed by atoms with Gasteiger partial charge in [-0.2, -0.15) is 9.40 Å². The van der Waals surface area contributed by atoms with Crippen molar-refractivity contribution in [3.8, 4) is 0 Å². The van der Waals surface area contributed by atoms with Gasteiger partial charge in [0.05, 0.1) is 17.4 Å². The average molecular weight is 398 g/mol. The maximum absolute atomic E-state index is 12.7. The van der Waals surface area contributed by atoms with Crippen molar-refractivity contribution in [3.63, 3.8) is 0 Å². The summed E-state index contributed by atoms with van der Waals surface area (Å²) < 4.78 is 28.4. The normalized spacial score (nSPS) is 17.2. The number of aromatic nitrogens is 3. The van der Waals surface area contributed by atoms with E-state index in [0.717, 1.165) is 0 Å². The fourth-order valence-corrected chi connectivity index (χ4v) is 4.45. The maximum atomic E-state index is 12.7. The third-order valence-corrected chi connectivity index (χ3v) is 6.52. The lowest BCUT2D eigenvalue weighted by molar-refractivity contribution is -0.136. The third kappa shape index (κ3) is 4.05. The number of nitrogens with zero attached hydrogens (tertiary/aromatic N) is 5. The summed E-state index contributed by atoms with van der Waals surface area (Å²) in [6.07, 6.45) is 3.00. The summed E-state index contributed by atoms with van der Waals surface area (Å²) >= 11 is 5.82. The second kappa shape index (κ2) is 7.73. The second-order valence-corrected chi connectivity index (χ2v) is 8.58. The van der Waals surface area contributed by atoms with E-state index in [0.29, 0.717) is 24.7 Å². The molecule has 26 heavy (non-hydrogen) atoms. The number of hydrogen-bond acceptors (Lipinski definition) is 5. The summed E-state index contributed by atoms with van der Waals surface area (Å²) in [6.45, 7) is 3.56. The van der Waals surface area contributed by atoms with Gasteiger partial charge in [0.2, 0.25) is 15.9 Å². The summed E-state index contributed by atoms with van der Waals surface area (Å²) in [7, 11) is -3.57. The summed E-state index contributed by atoms with van der Waals surface area (Å²) in [5.41, 5.74) is 0. The standard InChI is InChI=1S/C16H20ClN5O3S/c1-13(10-21-12-18-11-19-21)16(23)20-6-8-22(9-7-20)26(24,25)15-4-2-14(17)3-5-15/h2-5,11-13H,6-10H2,1H3/t13-/m0/s1. The van der Waals surface area contributed by atoms with Crippen molar-refractivity contribution in [2.45, 2.75) is 18.4 Å². The number of hydrogen-bond donors (Lipinski definition) is 0. The molecule has 1 aromatic heterocycles. The van der Waals surface area contributed by atoms with Gasteiger partial charge < -0.3 is 4.90 Å². The minimum atomic E-state index is -3.57. The first-order valence-electron chi connectivity index (χ1n) is 8.25. The predicted octanol–water partition coefficient (Wildman–Crippen LogP) is 1.10. The molecule has 3 rings (SSSR count). The van der Waals surface area contributed by atoms with Gasteiger partial charge in [-0.3, -0.25) is 9.48 Å². The summed E-state index contributed by atoms with van der Waals surface area (Å²) in [4.78, 5) is 18.3. The Morgan fingerprint density at radius 3 is 2.42 bits per heavy atom. The lowest BCUT2D eigenvalue weighted by atomic mass is 10.1. The molecule has 0 spiro atoms. The van der Waals surface area contributed by atoms with Crippen LogP contribution in [-0.2, 0) is 21.4 Å². The molecule has 1 fully saturated rings. The van der Waals surface area contributed by atoms with Crippen LogP contribution in [0.1, 0.15) is 6.92 Å². The molecular weight excluding hydrogens is 378 g/mol. The Hall–Kier alpha value is -1.97. The molecule has 8 nitrogen and oxygen atoms in total. The van der Waals surface area contributed by atoms with Crippen molar-refractivity contribution in [3.05, 3.63) is 41.9 Å². The van der Waals surface area contributed by atoms with Gasteiger partial charge in [0.15, 0.2) is 0 Å². The molecule has 0 saturated carbocycles. The van der Waals surface area contributed by atoms with Crippen LogP contribution in [0.2, 0.25) is 5.02 Å². The quantitative estimate of drug-likeness (QED) is 0.753. The summed E-state index contributed by atoms with van der Waals surface area (Å²) in [5, 5.41) is 4.49. The van der Waals surface area contributed by atoms with Gasteiger partial charge in [-0.25, -0.2) is 13.4 Å². The number of carbonyl (C=O) groups is 1. The van der Waals surface area contributed by atoms with Gasteiger partial charge in [0.1, 0.15) is 12.7 Å². The van der Waals surface area contributed by atoms with Crippen LogP contribution in [0, 0.1) is 5.92 Å². The number of benzene rings is 1. The van der Waals surface area contributed by atoms with Gasteiger partial charge in [0, 0.05) is 31.2 Å². The number of carbonyl (C=O) groups excluding carboxylic acids is 1. The molecule has 0 radical (unpaired) electrons. The van der Waals surface area contributed by atoms with Crippen LogP contribution in [0.4, 0.5) is 0 Å². The Morgan fingerprint density at radius 2 is 1.85 bits per heavy atom. The highest BCUT2D eigenvalue weighted by Gasteiger charge is 2.31. The number of piperazine rings is 1. The molecule has 1 atom stereocenters. The lowest BCUT2D eigenvalue weighted by Crippen LogP contribution is -2.51. The zero-order valence-corrected chi connectivity index (χ0v) is 15.9. The predicted molar refractivity (Wildman–Crippen MR) is 96.0 cm³/mol. The molecule has 0 aliphatic carbocycles. The molecule has 1 aliphatic rings. The van der Waals surface area contributed by atoms with Gasteiger partial charge in [-0.05, 0) is 24.3 Å². The third-order valence-electron chi connectivity index (χ3n) is 4.35. The summed E-state index contributed by atoms with van der Waals surface area (Å²) in [5.74, 6) is -0.264. The minimum Gasteiger partial charge on any atom is -0.340 e. The van der Waals surface area contributed by atoms with Crippen LogP contribution in [0.5, 0.6) is 0 Å².